The molecule has 1 aromatic rings. The molecule has 4 nitrogen and oxygen atoms in total. The summed E-state index contributed by atoms with van der Waals surface area (Å²) in [6.07, 6.45) is 1.86. The first kappa shape index (κ1) is 15.5. The minimum Gasteiger partial charge on any atom is -0.496 e. The summed E-state index contributed by atoms with van der Waals surface area (Å²) in [6, 6.07) is 6.70. The van der Waals surface area contributed by atoms with Crippen molar-refractivity contribution in [2.45, 2.75) is 32.7 Å². The van der Waals surface area contributed by atoms with E-state index < -0.39 is 12.0 Å². The summed E-state index contributed by atoms with van der Waals surface area (Å²) in [6.45, 7) is 5.65. The second-order valence-electron chi connectivity index (χ2n) is 4.52. The van der Waals surface area contributed by atoms with E-state index >= 15 is 0 Å². The second kappa shape index (κ2) is 7.79. The van der Waals surface area contributed by atoms with Gasteiger partial charge in [-0.1, -0.05) is 32.0 Å². The Balaban J connectivity index is 3.14. The molecule has 0 saturated heterocycles. The van der Waals surface area contributed by atoms with E-state index in [0.717, 1.165) is 31.5 Å². The van der Waals surface area contributed by atoms with E-state index in [1.54, 1.807) is 13.2 Å². The smallest absolute Gasteiger partial charge is 0.325 e. The lowest BCUT2D eigenvalue weighted by Crippen LogP contribution is -2.35. The number of hydrogen-bond donors (Lipinski definition) is 1. The number of hydrogen-bond acceptors (Lipinski definition) is 3. The van der Waals surface area contributed by atoms with Gasteiger partial charge in [0.2, 0.25) is 0 Å². The van der Waals surface area contributed by atoms with E-state index in [2.05, 4.69) is 13.8 Å². The highest BCUT2D eigenvalue weighted by Gasteiger charge is 2.28. The largest absolute Gasteiger partial charge is 0.496 e. The van der Waals surface area contributed by atoms with Crippen LogP contribution >= 0.6 is 0 Å². The number of aliphatic carboxylic acids is 1. The average molecular weight is 265 g/mol. The predicted molar refractivity (Wildman–Crippen MR) is 75.5 cm³/mol. The molecule has 106 valence electrons. The van der Waals surface area contributed by atoms with Crippen LogP contribution in [-0.2, 0) is 4.79 Å². The summed E-state index contributed by atoms with van der Waals surface area (Å²) >= 11 is 0. The summed E-state index contributed by atoms with van der Waals surface area (Å²) in [4.78, 5) is 13.7. The Kier molecular flexibility index (Phi) is 6.36. The molecule has 0 bridgehead atoms. The van der Waals surface area contributed by atoms with Gasteiger partial charge in [-0.05, 0) is 32.0 Å². The fourth-order valence-electron chi connectivity index (χ4n) is 2.32. The average Bonchev–Trinajstić information content (AvgIpc) is 2.39. The Hall–Kier alpha value is -1.55. The van der Waals surface area contributed by atoms with Crippen molar-refractivity contribution >= 4 is 5.97 Å². The monoisotopic (exact) mass is 265 g/mol. The van der Waals surface area contributed by atoms with Crippen molar-refractivity contribution in [3.8, 4) is 5.75 Å². The summed E-state index contributed by atoms with van der Waals surface area (Å²) < 4.78 is 5.29. The first-order chi connectivity index (χ1) is 9.15. The van der Waals surface area contributed by atoms with Gasteiger partial charge in [0.05, 0.1) is 7.11 Å². The Morgan fingerprint density at radius 1 is 1.26 bits per heavy atom. The molecule has 0 aliphatic rings. The zero-order valence-electron chi connectivity index (χ0n) is 11.9. The fourth-order valence-corrected chi connectivity index (χ4v) is 2.32. The minimum atomic E-state index is -0.827. The quantitative estimate of drug-likeness (QED) is 0.785. The SMILES string of the molecule is CCCN(CCC)C(C(=O)O)c1ccccc1OC. The van der Waals surface area contributed by atoms with E-state index in [0.29, 0.717) is 5.75 Å². The number of carboxylic acids is 1. The number of nitrogens with zero attached hydrogens (tertiary/aromatic N) is 1. The van der Waals surface area contributed by atoms with E-state index in [1.807, 2.05) is 23.1 Å². The van der Waals surface area contributed by atoms with Crippen molar-refractivity contribution in [1.82, 2.24) is 4.90 Å². The molecule has 0 heterocycles. The van der Waals surface area contributed by atoms with Crippen LogP contribution in [0.2, 0.25) is 0 Å². The molecule has 4 heteroatoms. The van der Waals surface area contributed by atoms with Crippen molar-refractivity contribution in [3.05, 3.63) is 29.8 Å². The zero-order valence-corrected chi connectivity index (χ0v) is 11.9. The van der Waals surface area contributed by atoms with Gasteiger partial charge < -0.3 is 9.84 Å². The van der Waals surface area contributed by atoms with Crippen LogP contribution in [0.1, 0.15) is 38.3 Å². The van der Waals surface area contributed by atoms with Gasteiger partial charge in [-0.25, -0.2) is 0 Å². The highest BCUT2D eigenvalue weighted by atomic mass is 16.5. The maximum atomic E-state index is 11.7. The number of para-hydroxylation sites is 1. The first-order valence-electron chi connectivity index (χ1n) is 6.75. The van der Waals surface area contributed by atoms with Crippen molar-refractivity contribution in [1.29, 1.82) is 0 Å². The molecule has 0 fully saturated rings. The van der Waals surface area contributed by atoms with Gasteiger partial charge >= 0.3 is 5.97 Å². The van der Waals surface area contributed by atoms with Crippen molar-refractivity contribution in [3.63, 3.8) is 0 Å². The Morgan fingerprint density at radius 2 is 1.84 bits per heavy atom. The molecule has 0 aliphatic heterocycles. The molecule has 1 N–H and O–H groups in total. The molecule has 1 unspecified atom stereocenters. The van der Waals surface area contributed by atoms with Gasteiger partial charge in [0.25, 0.3) is 0 Å². The molecule has 0 saturated carbocycles. The van der Waals surface area contributed by atoms with E-state index in [4.69, 9.17) is 4.74 Å². The number of ether oxygens (including phenoxy) is 1. The predicted octanol–water partition coefficient (Wildman–Crippen LogP) is 2.94. The maximum Gasteiger partial charge on any atom is 0.325 e. The van der Waals surface area contributed by atoms with Crippen LogP contribution in [0.25, 0.3) is 0 Å². The van der Waals surface area contributed by atoms with Gasteiger partial charge in [0.15, 0.2) is 0 Å². The first-order valence-corrected chi connectivity index (χ1v) is 6.75. The normalized spacial score (nSPS) is 12.4. The number of carbonyl (C=O) groups is 1. The molecule has 0 aromatic heterocycles. The molecule has 0 aliphatic carbocycles. The molecule has 1 aromatic carbocycles. The van der Waals surface area contributed by atoms with Crippen molar-refractivity contribution in [2.24, 2.45) is 0 Å². The van der Waals surface area contributed by atoms with Crippen molar-refractivity contribution in [2.75, 3.05) is 20.2 Å². The highest BCUT2D eigenvalue weighted by molar-refractivity contribution is 5.76. The summed E-state index contributed by atoms with van der Waals surface area (Å²) in [5.41, 5.74) is 0.722. The third-order valence-electron chi connectivity index (χ3n) is 3.05. The highest BCUT2D eigenvalue weighted by Crippen LogP contribution is 2.29. The van der Waals surface area contributed by atoms with Crippen LogP contribution in [0.5, 0.6) is 5.75 Å². The van der Waals surface area contributed by atoms with Crippen LogP contribution in [0.3, 0.4) is 0 Å². The Morgan fingerprint density at radius 3 is 2.32 bits per heavy atom. The number of methoxy groups -OCH3 is 1. The van der Waals surface area contributed by atoms with E-state index in [1.165, 1.54) is 0 Å². The summed E-state index contributed by atoms with van der Waals surface area (Å²) in [5.74, 6) is -0.196. The third-order valence-corrected chi connectivity index (χ3v) is 3.05. The Labute approximate surface area is 115 Å². The molecule has 0 radical (unpaired) electrons. The van der Waals surface area contributed by atoms with Crippen LogP contribution in [0.15, 0.2) is 24.3 Å². The zero-order chi connectivity index (χ0) is 14.3. The fraction of sp³-hybridized carbons (Fsp3) is 0.533. The second-order valence-corrected chi connectivity index (χ2v) is 4.52. The molecule has 19 heavy (non-hydrogen) atoms. The van der Waals surface area contributed by atoms with Crippen LogP contribution in [0, 0.1) is 0 Å². The lowest BCUT2D eigenvalue weighted by Gasteiger charge is -2.29. The van der Waals surface area contributed by atoms with Gasteiger partial charge in [0, 0.05) is 5.56 Å². The van der Waals surface area contributed by atoms with Crippen LogP contribution in [0.4, 0.5) is 0 Å². The van der Waals surface area contributed by atoms with Crippen LogP contribution < -0.4 is 4.74 Å². The number of carboxylic acid groups (broad SMARTS) is 1. The molecule has 1 atom stereocenters. The Bertz CT molecular complexity index is 400. The van der Waals surface area contributed by atoms with Crippen molar-refractivity contribution < 1.29 is 14.6 Å². The van der Waals surface area contributed by atoms with Crippen LogP contribution in [-0.4, -0.2) is 36.2 Å². The van der Waals surface area contributed by atoms with Gasteiger partial charge in [-0.2, -0.15) is 0 Å². The van der Waals surface area contributed by atoms with Gasteiger partial charge in [0.1, 0.15) is 11.8 Å². The lowest BCUT2D eigenvalue weighted by atomic mass is 10.0. The van der Waals surface area contributed by atoms with E-state index in [-0.39, 0.29) is 0 Å². The third kappa shape index (κ3) is 3.96. The molecule has 0 amide bonds. The van der Waals surface area contributed by atoms with Gasteiger partial charge in [-0.3, -0.25) is 9.69 Å². The number of rotatable bonds is 8. The molecular formula is C15H23NO3. The molecular weight excluding hydrogens is 242 g/mol. The molecule has 1 rings (SSSR count). The summed E-state index contributed by atoms with van der Waals surface area (Å²) in [7, 11) is 1.57. The number of benzene rings is 1. The van der Waals surface area contributed by atoms with Gasteiger partial charge in [-0.15, -0.1) is 0 Å². The minimum absolute atomic E-state index is 0.632. The maximum absolute atomic E-state index is 11.7. The lowest BCUT2D eigenvalue weighted by molar-refractivity contribution is -0.143. The topological polar surface area (TPSA) is 49.8 Å². The standard InChI is InChI=1S/C15H23NO3/c1-4-10-16(11-5-2)14(15(17)18)12-8-6-7-9-13(12)19-3/h6-9,14H,4-5,10-11H2,1-3H3,(H,17,18). The summed E-state index contributed by atoms with van der Waals surface area (Å²) in [5, 5.41) is 9.57. The van der Waals surface area contributed by atoms with E-state index in [9.17, 15) is 9.90 Å². The molecule has 0 spiro atoms.